The van der Waals surface area contributed by atoms with Crippen molar-refractivity contribution in [2.45, 2.75) is 38.5 Å². The van der Waals surface area contributed by atoms with E-state index in [4.69, 9.17) is 4.74 Å². The maximum absolute atomic E-state index is 11.1. The van der Waals surface area contributed by atoms with Crippen LogP contribution in [0.15, 0.2) is 36.9 Å². The molecule has 0 bridgehead atoms. The van der Waals surface area contributed by atoms with Crippen LogP contribution >= 0.6 is 0 Å². The molecular weight excluding hydrogens is 224 g/mol. The van der Waals surface area contributed by atoms with E-state index >= 15 is 0 Å². The highest BCUT2D eigenvalue weighted by Gasteiger charge is 2.19. The molecule has 0 amide bonds. The molecule has 18 heavy (non-hydrogen) atoms. The molecule has 2 rings (SSSR count). The van der Waals surface area contributed by atoms with Gasteiger partial charge in [-0.1, -0.05) is 38.5 Å². The molecule has 0 atom stereocenters. The van der Waals surface area contributed by atoms with Gasteiger partial charge in [0, 0.05) is 6.08 Å². The lowest BCUT2D eigenvalue weighted by molar-refractivity contribution is -0.128. The monoisotopic (exact) mass is 244 g/mol. The molecule has 0 spiro atoms. The summed E-state index contributed by atoms with van der Waals surface area (Å²) in [6.07, 6.45) is 6.35. The van der Waals surface area contributed by atoms with Crippen LogP contribution in [0.3, 0.4) is 0 Å². The minimum Gasteiger partial charge on any atom is -0.423 e. The fourth-order valence-corrected chi connectivity index (χ4v) is 2.56. The molecule has 1 aromatic rings. The van der Waals surface area contributed by atoms with Gasteiger partial charge in [-0.2, -0.15) is 0 Å². The van der Waals surface area contributed by atoms with E-state index in [0.29, 0.717) is 11.7 Å². The minimum absolute atomic E-state index is 0.408. The van der Waals surface area contributed by atoms with Gasteiger partial charge >= 0.3 is 5.97 Å². The molecule has 1 aromatic carbocycles. The van der Waals surface area contributed by atoms with Gasteiger partial charge in [-0.15, -0.1) is 0 Å². The molecule has 0 radical (unpaired) electrons. The highest BCUT2D eigenvalue weighted by molar-refractivity contribution is 5.83. The standard InChI is InChI=1S/C16H20O2/c1-3-16(17)18-15-10-8-14(9-11-15)13-6-4-12(2)5-7-13/h3,8-13H,1,4-7H2,2H3. The van der Waals surface area contributed by atoms with Gasteiger partial charge in [0.05, 0.1) is 0 Å². The van der Waals surface area contributed by atoms with Crippen LogP contribution in [0.25, 0.3) is 0 Å². The van der Waals surface area contributed by atoms with Crippen molar-refractivity contribution >= 4 is 5.97 Å². The molecule has 2 nitrogen and oxygen atoms in total. The topological polar surface area (TPSA) is 26.3 Å². The first-order valence-electron chi connectivity index (χ1n) is 6.63. The van der Waals surface area contributed by atoms with E-state index in [0.717, 1.165) is 5.92 Å². The predicted octanol–water partition coefficient (Wildman–Crippen LogP) is 4.07. The Morgan fingerprint density at radius 3 is 2.39 bits per heavy atom. The Kier molecular flexibility index (Phi) is 4.19. The van der Waals surface area contributed by atoms with E-state index in [-0.39, 0.29) is 0 Å². The highest BCUT2D eigenvalue weighted by Crippen LogP contribution is 2.35. The third-order valence-electron chi connectivity index (χ3n) is 3.75. The van der Waals surface area contributed by atoms with Crippen LogP contribution in [0, 0.1) is 5.92 Å². The van der Waals surface area contributed by atoms with Gasteiger partial charge in [-0.25, -0.2) is 4.79 Å². The lowest BCUT2D eigenvalue weighted by Gasteiger charge is -2.26. The van der Waals surface area contributed by atoms with Crippen LogP contribution in [-0.4, -0.2) is 5.97 Å². The Labute approximate surface area is 109 Å². The Morgan fingerprint density at radius 1 is 1.22 bits per heavy atom. The first-order valence-corrected chi connectivity index (χ1v) is 6.63. The van der Waals surface area contributed by atoms with Crippen LogP contribution in [-0.2, 0) is 4.79 Å². The zero-order valence-electron chi connectivity index (χ0n) is 10.9. The number of carbonyl (C=O) groups excluding carboxylic acids is 1. The smallest absolute Gasteiger partial charge is 0.335 e. The molecule has 1 aliphatic rings. The Morgan fingerprint density at radius 2 is 1.83 bits per heavy atom. The quantitative estimate of drug-likeness (QED) is 0.455. The summed E-state index contributed by atoms with van der Waals surface area (Å²) in [6.45, 7) is 5.71. The van der Waals surface area contributed by atoms with E-state index in [2.05, 4.69) is 25.6 Å². The van der Waals surface area contributed by atoms with Crippen LogP contribution in [0.2, 0.25) is 0 Å². The number of esters is 1. The van der Waals surface area contributed by atoms with Gasteiger partial charge in [0.1, 0.15) is 5.75 Å². The van der Waals surface area contributed by atoms with Crippen molar-refractivity contribution in [2.75, 3.05) is 0 Å². The van der Waals surface area contributed by atoms with Crippen LogP contribution in [0.1, 0.15) is 44.1 Å². The molecule has 96 valence electrons. The van der Waals surface area contributed by atoms with Crippen molar-refractivity contribution in [1.29, 1.82) is 0 Å². The molecule has 1 saturated carbocycles. The maximum atomic E-state index is 11.1. The van der Waals surface area contributed by atoms with E-state index in [9.17, 15) is 4.79 Å². The van der Waals surface area contributed by atoms with Crippen molar-refractivity contribution in [2.24, 2.45) is 5.92 Å². The second-order valence-corrected chi connectivity index (χ2v) is 5.15. The normalized spacial score (nSPS) is 23.4. The second-order valence-electron chi connectivity index (χ2n) is 5.15. The van der Waals surface area contributed by atoms with Gasteiger partial charge in [-0.05, 0) is 42.4 Å². The number of ether oxygens (including phenoxy) is 1. The lowest BCUT2D eigenvalue weighted by Crippen LogP contribution is -2.10. The average molecular weight is 244 g/mol. The first kappa shape index (κ1) is 12.9. The summed E-state index contributed by atoms with van der Waals surface area (Å²) in [4.78, 5) is 11.1. The Balaban J connectivity index is 1.99. The zero-order valence-corrected chi connectivity index (χ0v) is 10.9. The second kappa shape index (κ2) is 5.85. The van der Waals surface area contributed by atoms with Crippen LogP contribution < -0.4 is 4.74 Å². The molecular formula is C16H20O2. The lowest BCUT2D eigenvalue weighted by atomic mass is 9.79. The first-order chi connectivity index (χ1) is 8.69. The van der Waals surface area contributed by atoms with Crippen molar-refractivity contribution in [3.63, 3.8) is 0 Å². The Bertz CT molecular complexity index is 411. The molecule has 0 aromatic heterocycles. The fraction of sp³-hybridized carbons (Fsp3) is 0.438. The predicted molar refractivity (Wildman–Crippen MR) is 72.6 cm³/mol. The molecule has 0 saturated heterocycles. The molecule has 0 N–H and O–H groups in total. The van der Waals surface area contributed by atoms with Crippen molar-refractivity contribution < 1.29 is 9.53 Å². The number of hydrogen-bond acceptors (Lipinski definition) is 2. The number of rotatable bonds is 3. The highest BCUT2D eigenvalue weighted by atomic mass is 16.5. The fourth-order valence-electron chi connectivity index (χ4n) is 2.56. The summed E-state index contributed by atoms with van der Waals surface area (Å²) < 4.78 is 5.07. The van der Waals surface area contributed by atoms with E-state index < -0.39 is 5.97 Å². The third kappa shape index (κ3) is 3.22. The van der Waals surface area contributed by atoms with E-state index in [1.54, 1.807) is 0 Å². The van der Waals surface area contributed by atoms with Gasteiger partial charge < -0.3 is 4.74 Å². The SMILES string of the molecule is C=CC(=O)Oc1ccc(C2CCC(C)CC2)cc1. The maximum Gasteiger partial charge on any atom is 0.335 e. The van der Waals surface area contributed by atoms with Crippen molar-refractivity contribution in [3.05, 3.63) is 42.5 Å². The zero-order chi connectivity index (χ0) is 13.0. The van der Waals surface area contributed by atoms with Crippen LogP contribution in [0.4, 0.5) is 0 Å². The molecule has 0 heterocycles. The van der Waals surface area contributed by atoms with Crippen LogP contribution in [0.5, 0.6) is 5.75 Å². The summed E-state index contributed by atoms with van der Waals surface area (Å²) in [5.41, 5.74) is 1.36. The van der Waals surface area contributed by atoms with E-state index in [1.807, 2.05) is 12.1 Å². The molecule has 0 unspecified atom stereocenters. The summed E-state index contributed by atoms with van der Waals surface area (Å²) in [5.74, 6) is 1.72. The summed E-state index contributed by atoms with van der Waals surface area (Å²) >= 11 is 0. The number of benzene rings is 1. The van der Waals surface area contributed by atoms with Gasteiger partial charge in [0.2, 0.25) is 0 Å². The van der Waals surface area contributed by atoms with Gasteiger partial charge in [0.25, 0.3) is 0 Å². The van der Waals surface area contributed by atoms with Gasteiger partial charge in [-0.3, -0.25) is 0 Å². The minimum atomic E-state index is -0.408. The number of carbonyl (C=O) groups is 1. The molecule has 2 heteroatoms. The Hall–Kier alpha value is -1.57. The van der Waals surface area contributed by atoms with E-state index in [1.165, 1.54) is 37.3 Å². The third-order valence-corrected chi connectivity index (χ3v) is 3.75. The number of hydrogen-bond donors (Lipinski definition) is 0. The summed E-state index contributed by atoms with van der Waals surface area (Å²) in [6, 6.07) is 7.89. The summed E-state index contributed by atoms with van der Waals surface area (Å²) in [7, 11) is 0. The molecule has 1 aliphatic carbocycles. The van der Waals surface area contributed by atoms with Crippen molar-refractivity contribution in [1.82, 2.24) is 0 Å². The molecule has 1 fully saturated rings. The van der Waals surface area contributed by atoms with Gasteiger partial charge in [0.15, 0.2) is 0 Å². The molecule has 0 aliphatic heterocycles. The summed E-state index contributed by atoms with van der Waals surface area (Å²) in [5, 5.41) is 0. The average Bonchev–Trinajstić information content (AvgIpc) is 2.40. The largest absolute Gasteiger partial charge is 0.423 e. The van der Waals surface area contributed by atoms with Crippen molar-refractivity contribution in [3.8, 4) is 5.75 Å².